The fourth-order valence-electron chi connectivity index (χ4n) is 7.01. The van der Waals surface area contributed by atoms with Crippen LogP contribution in [0.5, 0.6) is 0 Å². The third-order valence-corrected chi connectivity index (χ3v) is 8.89. The average Bonchev–Trinajstić information content (AvgIpc) is 2.98. The third-order valence-electron chi connectivity index (χ3n) is 8.89. The van der Waals surface area contributed by atoms with Gasteiger partial charge in [-0.3, -0.25) is 19.2 Å². The first kappa shape index (κ1) is 23.6. The molecule has 2 saturated carbocycles. The van der Waals surface area contributed by atoms with Gasteiger partial charge in [0.25, 0.3) is 0 Å². The summed E-state index contributed by atoms with van der Waals surface area (Å²) in [7, 11) is 0. The van der Waals surface area contributed by atoms with Crippen LogP contribution >= 0.6 is 0 Å². The summed E-state index contributed by atoms with van der Waals surface area (Å²) in [6.45, 7) is 5.52. The van der Waals surface area contributed by atoms with E-state index in [4.69, 9.17) is 10.5 Å². The molecule has 4 rings (SSSR count). The van der Waals surface area contributed by atoms with Gasteiger partial charge < -0.3 is 15.6 Å². The van der Waals surface area contributed by atoms with Crippen molar-refractivity contribution in [1.29, 1.82) is 0 Å². The van der Waals surface area contributed by atoms with Crippen molar-refractivity contribution in [3.05, 3.63) is 35.5 Å². The largest absolute Gasteiger partial charge is 0.458 e. The van der Waals surface area contributed by atoms with Crippen LogP contribution in [0.2, 0.25) is 0 Å². The second-order valence-electron chi connectivity index (χ2n) is 10.6. The Morgan fingerprint density at radius 3 is 2.67 bits per heavy atom. The molecule has 0 aromatic heterocycles. The summed E-state index contributed by atoms with van der Waals surface area (Å²) in [5, 5.41) is 11.8. The molecule has 0 radical (unpaired) electrons. The number of amides is 1. The maximum absolute atomic E-state index is 13.3. The molecule has 0 saturated heterocycles. The molecule has 7 heteroatoms. The SMILES string of the molecule is C[C@@H]1CC2C3CCC4=CC(=O)C=C[C@]4(C)C3=CC[C@]2(C)[C@@]1(O)C(=O)COC(=O)CCC(N)=O. The Bertz CT molecular complexity index is 1010. The molecule has 6 atom stereocenters. The quantitative estimate of drug-likeness (QED) is 0.469. The minimum atomic E-state index is -1.61. The Labute approximate surface area is 194 Å². The van der Waals surface area contributed by atoms with E-state index >= 15 is 0 Å². The Morgan fingerprint density at radius 2 is 1.97 bits per heavy atom. The van der Waals surface area contributed by atoms with Gasteiger partial charge in [-0.1, -0.05) is 37.1 Å². The zero-order chi connectivity index (χ0) is 24.2. The van der Waals surface area contributed by atoms with Gasteiger partial charge in [-0.25, -0.2) is 0 Å². The number of hydrogen-bond donors (Lipinski definition) is 2. The van der Waals surface area contributed by atoms with E-state index in [1.165, 1.54) is 5.57 Å². The number of fused-ring (bicyclic) bond motifs is 5. The van der Waals surface area contributed by atoms with Crippen LogP contribution in [0.1, 0.15) is 59.3 Å². The Hall–Kier alpha value is -2.54. The Balaban J connectivity index is 1.58. The number of Topliss-reactive ketones (excluding diaryl/α,β-unsaturated/α-hetero) is 1. The van der Waals surface area contributed by atoms with Crippen molar-refractivity contribution in [1.82, 2.24) is 0 Å². The monoisotopic (exact) mass is 455 g/mol. The first-order valence-electron chi connectivity index (χ1n) is 11.8. The lowest BCUT2D eigenvalue weighted by atomic mass is 9.51. The van der Waals surface area contributed by atoms with Crippen molar-refractivity contribution in [2.24, 2.45) is 34.3 Å². The number of nitrogens with two attached hydrogens (primary N) is 1. The molecule has 0 bridgehead atoms. The van der Waals surface area contributed by atoms with Crippen LogP contribution in [0.4, 0.5) is 0 Å². The minimum Gasteiger partial charge on any atom is -0.458 e. The molecule has 0 aliphatic heterocycles. The molecular formula is C26H33NO6. The Kier molecular flexibility index (Phi) is 5.76. The molecule has 7 nitrogen and oxygen atoms in total. The number of hydrogen-bond acceptors (Lipinski definition) is 6. The fraction of sp³-hybridized carbons (Fsp3) is 0.615. The van der Waals surface area contributed by atoms with Gasteiger partial charge in [0.2, 0.25) is 11.7 Å². The van der Waals surface area contributed by atoms with E-state index in [1.807, 2.05) is 19.9 Å². The number of ketones is 2. The Morgan fingerprint density at radius 1 is 1.24 bits per heavy atom. The fourth-order valence-corrected chi connectivity index (χ4v) is 7.01. The topological polar surface area (TPSA) is 124 Å². The summed E-state index contributed by atoms with van der Waals surface area (Å²) in [5.74, 6) is -1.72. The number of carbonyl (C=O) groups excluding carboxylic acids is 4. The lowest BCUT2D eigenvalue weighted by Gasteiger charge is -2.53. The van der Waals surface area contributed by atoms with Crippen LogP contribution in [-0.2, 0) is 23.9 Å². The predicted molar refractivity (Wildman–Crippen MR) is 120 cm³/mol. The second kappa shape index (κ2) is 8.05. The van der Waals surface area contributed by atoms with Crippen molar-refractivity contribution in [3.8, 4) is 0 Å². The lowest BCUT2D eigenvalue weighted by Crippen LogP contribution is -2.57. The highest BCUT2D eigenvalue weighted by Crippen LogP contribution is 2.66. The van der Waals surface area contributed by atoms with E-state index in [0.717, 1.165) is 18.4 Å². The lowest BCUT2D eigenvalue weighted by molar-refractivity contribution is -0.168. The van der Waals surface area contributed by atoms with E-state index in [0.29, 0.717) is 12.8 Å². The number of esters is 1. The maximum Gasteiger partial charge on any atom is 0.306 e. The van der Waals surface area contributed by atoms with E-state index in [-0.39, 0.29) is 41.8 Å². The van der Waals surface area contributed by atoms with Gasteiger partial charge in [-0.2, -0.15) is 0 Å². The molecule has 0 aromatic carbocycles. The van der Waals surface area contributed by atoms with E-state index in [9.17, 15) is 24.3 Å². The minimum absolute atomic E-state index is 0.0296. The normalized spacial score (nSPS) is 39.0. The highest BCUT2D eigenvalue weighted by Gasteiger charge is 2.67. The number of aliphatic hydroxyl groups is 1. The summed E-state index contributed by atoms with van der Waals surface area (Å²) in [6.07, 6.45) is 10.2. The number of ether oxygens (including phenoxy) is 1. The highest BCUT2D eigenvalue weighted by molar-refractivity contribution is 6.01. The zero-order valence-electron chi connectivity index (χ0n) is 19.6. The van der Waals surface area contributed by atoms with Gasteiger partial charge in [-0.15, -0.1) is 0 Å². The number of allylic oxidation sites excluding steroid dienone is 6. The molecule has 3 N–H and O–H groups in total. The van der Waals surface area contributed by atoms with Crippen LogP contribution in [0, 0.1) is 28.6 Å². The molecule has 0 aromatic rings. The number of carbonyl (C=O) groups is 4. The zero-order valence-corrected chi connectivity index (χ0v) is 19.6. The van der Waals surface area contributed by atoms with Gasteiger partial charge in [0.15, 0.2) is 12.4 Å². The van der Waals surface area contributed by atoms with Crippen LogP contribution in [0.15, 0.2) is 35.5 Å². The van der Waals surface area contributed by atoms with Crippen LogP contribution in [-0.4, -0.2) is 40.8 Å². The smallest absolute Gasteiger partial charge is 0.306 e. The summed E-state index contributed by atoms with van der Waals surface area (Å²) in [6, 6.07) is 0. The summed E-state index contributed by atoms with van der Waals surface area (Å²) in [4.78, 5) is 47.9. The number of primary amides is 1. The van der Waals surface area contributed by atoms with Crippen LogP contribution in [0.3, 0.4) is 0 Å². The molecule has 2 fully saturated rings. The van der Waals surface area contributed by atoms with Crippen molar-refractivity contribution >= 4 is 23.4 Å². The van der Waals surface area contributed by atoms with Gasteiger partial charge in [0.05, 0.1) is 6.42 Å². The first-order valence-corrected chi connectivity index (χ1v) is 11.8. The highest BCUT2D eigenvalue weighted by atomic mass is 16.5. The molecule has 33 heavy (non-hydrogen) atoms. The second-order valence-corrected chi connectivity index (χ2v) is 10.6. The van der Waals surface area contributed by atoms with Crippen molar-refractivity contribution in [3.63, 3.8) is 0 Å². The van der Waals surface area contributed by atoms with Crippen molar-refractivity contribution in [2.45, 2.75) is 64.9 Å². The van der Waals surface area contributed by atoms with Crippen LogP contribution < -0.4 is 5.73 Å². The van der Waals surface area contributed by atoms with Crippen molar-refractivity contribution < 1.29 is 29.0 Å². The van der Waals surface area contributed by atoms with Crippen LogP contribution in [0.25, 0.3) is 0 Å². The molecule has 4 aliphatic carbocycles. The summed E-state index contributed by atoms with van der Waals surface area (Å²) >= 11 is 0. The molecule has 1 amide bonds. The van der Waals surface area contributed by atoms with Crippen molar-refractivity contribution in [2.75, 3.05) is 6.61 Å². The maximum atomic E-state index is 13.3. The first-order chi connectivity index (χ1) is 15.4. The van der Waals surface area contributed by atoms with E-state index in [2.05, 4.69) is 13.0 Å². The van der Waals surface area contributed by atoms with Gasteiger partial charge >= 0.3 is 5.97 Å². The van der Waals surface area contributed by atoms with E-state index in [1.54, 1.807) is 12.2 Å². The molecule has 0 spiro atoms. The molecule has 0 heterocycles. The molecule has 4 aliphatic rings. The molecule has 178 valence electrons. The predicted octanol–water partition coefficient (Wildman–Crippen LogP) is 2.57. The standard InChI is InChI=1S/C26H33NO6/c1-15-12-20-18-5-4-16-13-17(28)8-10-24(16,2)19(18)9-11-25(20,3)26(15,32)21(29)14-33-23(31)7-6-22(27)30/h8-10,13,15,18,20,32H,4-7,11-12,14H2,1-3H3,(H2,27,30)/t15-,18?,20?,24+,25+,26+/m1/s1. The summed E-state index contributed by atoms with van der Waals surface area (Å²) in [5.41, 5.74) is 4.90. The van der Waals surface area contributed by atoms with Gasteiger partial charge in [-0.05, 0) is 62.5 Å². The van der Waals surface area contributed by atoms with Gasteiger partial charge in [0, 0.05) is 17.3 Å². The number of rotatable bonds is 6. The van der Waals surface area contributed by atoms with E-state index < -0.39 is 35.3 Å². The molecular weight excluding hydrogens is 422 g/mol. The average molecular weight is 456 g/mol. The molecule has 2 unspecified atom stereocenters. The summed E-state index contributed by atoms with van der Waals surface area (Å²) < 4.78 is 5.09. The third kappa shape index (κ3) is 3.52. The van der Waals surface area contributed by atoms with Gasteiger partial charge in [0.1, 0.15) is 5.60 Å².